The zero-order chi connectivity index (χ0) is 20.6. The summed E-state index contributed by atoms with van der Waals surface area (Å²) in [4.78, 5) is 24.7. The molecule has 164 valence electrons. The number of carboxylic acids is 1. The van der Waals surface area contributed by atoms with E-state index < -0.39 is 18.1 Å². The Balaban J connectivity index is 1.89. The Morgan fingerprint density at radius 3 is 1.64 bits per heavy atom. The molecular weight excluding hydrogens is 354 g/mol. The van der Waals surface area contributed by atoms with Crippen LogP contribution in [0.15, 0.2) is 0 Å². The maximum Gasteiger partial charge on any atom is 0.329 e. The molecule has 0 aromatic heterocycles. The quantitative estimate of drug-likeness (QED) is 0.327. The molecule has 1 fully saturated rings. The fourth-order valence-electron chi connectivity index (χ4n) is 4.14. The number of amides is 1. The third-order valence-corrected chi connectivity index (χ3v) is 5.93. The van der Waals surface area contributed by atoms with E-state index >= 15 is 0 Å². The minimum atomic E-state index is -1.10. The van der Waals surface area contributed by atoms with E-state index in [1.165, 1.54) is 81.9 Å². The van der Waals surface area contributed by atoms with Crippen LogP contribution in [-0.4, -0.2) is 45.7 Å². The minimum Gasteiger partial charge on any atom is -0.480 e. The highest BCUT2D eigenvalue weighted by Gasteiger charge is 2.40. The molecule has 2 atom stereocenters. The summed E-state index contributed by atoms with van der Waals surface area (Å²) in [7, 11) is 0. The number of hydrogen-bond donors (Lipinski definition) is 2. The van der Waals surface area contributed by atoms with Crippen LogP contribution < -0.4 is 0 Å². The molecule has 1 aliphatic heterocycles. The molecule has 28 heavy (non-hydrogen) atoms. The Morgan fingerprint density at radius 1 is 0.786 bits per heavy atom. The van der Waals surface area contributed by atoms with Crippen molar-refractivity contribution < 1.29 is 19.8 Å². The molecule has 1 amide bonds. The van der Waals surface area contributed by atoms with Gasteiger partial charge in [0.2, 0.25) is 5.91 Å². The van der Waals surface area contributed by atoms with Gasteiger partial charge in [-0.1, -0.05) is 96.8 Å². The smallest absolute Gasteiger partial charge is 0.329 e. The summed E-state index contributed by atoms with van der Waals surface area (Å²) in [6.07, 6.45) is 19.1. The number of likely N-dealkylation sites (tertiary alicyclic amines) is 1. The normalized spacial score (nSPS) is 19.3. The number of carbonyl (C=O) groups excluding carboxylic acids is 1. The summed E-state index contributed by atoms with van der Waals surface area (Å²) in [5.41, 5.74) is 0. The Bertz CT molecular complexity index is 427. The van der Waals surface area contributed by atoms with Crippen LogP contribution in [-0.2, 0) is 9.59 Å². The minimum absolute atomic E-state index is 0.126. The standard InChI is InChI=1S/C23H43NO4/c1-2-3-4-5-6-7-8-9-10-11-12-13-14-15-16-17-21(26)24-19-18-20(25)22(24)23(27)28/h20,22,25H,2-19H2,1H3,(H,27,28)/t20?,22-/m0/s1. The van der Waals surface area contributed by atoms with Crippen LogP contribution in [0.4, 0.5) is 0 Å². The number of nitrogens with zero attached hydrogens (tertiary/aromatic N) is 1. The number of hydrogen-bond acceptors (Lipinski definition) is 3. The van der Waals surface area contributed by atoms with E-state index in [2.05, 4.69) is 6.92 Å². The summed E-state index contributed by atoms with van der Waals surface area (Å²) in [6, 6.07) is -1.05. The largest absolute Gasteiger partial charge is 0.480 e. The third kappa shape index (κ3) is 10.4. The van der Waals surface area contributed by atoms with Gasteiger partial charge < -0.3 is 15.1 Å². The molecular formula is C23H43NO4. The summed E-state index contributed by atoms with van der Waals surface area (Å²) in [5, 5.41) is 18.9. The third-order valence-electron chi connectivity index (χ3n) is 5.93. The fraction of sp³-hybridized carbons (Fsp3) is 0.913. The second kappa shape index (κ2) is 15.8. The van der Waals surface area contributed by atoms with Crippen molar-refractivity contribution in [2.75, 3.05) is 6.54 Å². The Hall–Kier alpha value is -1.10. The number of aliphatic hydroxyl groups excluding tert-OH is 1. The van der Waals surface area contributed by atoms with Crippen molar-refractivity contribution in [2.45, 2.75) is 128 Å². The van der Waals surface area contributed by atoms with Gasteiger partial charge in [-0.05, 0) is 12.8 Å². The lowest BCUT2D eigenvalue weighted by molar-refractivity contribution is -0.151. The molecule has 0 saturated carbocycles. The first-order chi connectivity index (χ1) is 13.6. The maximum absolute atomic E-state index is 12.2. The van der Waals surface area contributed by atoms with Gasteiger partial charge in [0.15, 0.2) is 6.04 Å². The highest BCUT2D eigenvalue weighted by molar-refractivity contribution is 5.84. The first-order valence-electron chi connectivity index (χ1n) is 11.8. The average Bonchev–Trinajstić information content (AvgIpc) is 3.06. The van der Waals surface area contributed by atoms with Gasteiger partial charge in [-0.15, -0.1) is 0 Å². The molecule has 0 spiro atoms. The summed E-state index contributed by atoms with van der Waals surface area (Å²) in [6.45, 7) is 2.62. The van der Waals surface area contributed by atoms with Gasteiger partial charge in [0.1, 0.15) is 0 Å². The van der Waals surface area contributed by atoms with E-state index in [0.717, 1.165) is 19.3 Å². The SMILES string of the molecule is CCCCCCCCCCCCCCCCCC(=O)N1CCC(O)[C@H]1C(=O)O. The molecule has 0 aliphatic carbocycles. The molecule has 5 nitrogen and oxygen atoms in total. The Kier molecular flexibility index (Phi) is 14.1. The number of carbonyl (C=O) groups is 2. The second-order valence-electron chi connectivity index (χ2n) is 8.43. The van der Waals surface area contributed by atoms with Crippen molar-refractivity contribution in [3.63, 3.8) is 0 Å². The van der Waals surface area contributed by atoms with Crippen LogP contribution in [0.1, 0.15) is 116 Å². The second-order valence-corrected chi connectivity index (χ2v) is 8.43. The molecule has 1 rings (SSSR count). The van der Waals surface area contributed by atoms with E-state index in [-0.39, 0.29) is 5.91 Å². The molecule has 0 radical (unpaired) electrons. The number of unbranched alkanes of at least 4 members (excludes halogenated alkanes) is 14. The molecule has 0 aromatic carbocycles. The van der Waals surface area contributed by atoms with Crippen LogP contribution in [0.25, 0.3) is 0 Å². The Morgan fingerprint density at radius 2 is 1.21 bits per heavy atom. The summed E-state index contributed by atoms with van der Waals surface area (Å²) in [5.74, 6) is -1.23. The molecule has 5 heteroatoms. The van der Waals surface area contributed by atoms with Gasteiger partial charge in [-0.2, -0.15) is 0 Å². The first-order valence-corrected chi connectivity index (χ1v) is 11.8. The van der Waals surface area contributed by atoms with E-state index in [0.29, 0.717) is 19.4 Å². The number of aliphatic hydroxyl groups is 1. The molecule has 1 saturated heterocycles. The summed E-state index contributed by atoms with van der Waals surface area (Å²) < 4.78 is 0. The van der Waals surface area contributed by atoms with E-state index in [1.54, 1.807) is 0 Å². The van der Waals surface area contributed by atoms with Crippen LogP contribution in [0, 0.1) is 0 Å². The predicted molar refractivity (Wildman–Crippen MR) is 113 cm³/mol. The zero-order valence-corrected chi connectivity index (χ0v) is 18.0. The van der Waals surface area contributed by atoms with E-state index in [9.17, 15) is 14.7 Å². The van der Waals surface area contributed by atoms with Crippen molar-refractivity contribution in [2.24, 2.45) is 0 Å². The Labute approximate surface area is 171 Å². The lowest BCUT2D eigenvalue weighted by Crippen LogP contribution is -2.44. The van der Waals surface area contributed by atoms with Crippen molar-refractivity contribution in [3.8, 4) is 0 Å². The van der Waals surface area contributed by atoms with Gasteiger partial charge in [-0.25, -0.2) is 4.79 Å². The number of aliphatic carboxylic acids is 1. The van der Waals surface area contributed by atoms with Crippen LogP contribution >= 0.6 is 0 Å². The van der Waals surface area contributed by atoms with Crippen molar-refractivity contribution in [1.29, 1.82) is 0 Å². The predicted octanol–water partition coefficient (Wildman–Crippen LogP) is 5.29. The zero-order valence-electron chi connectivity index (χ0n) is 18.0. The van der Waals surface area contributed by atoms with Crippen LogP contribution in [0.2, 0.25) is 0 Å². The topological polar surface area (TPSA) is 77.8 Å². The summed E-state index contributed by atoms with van der Waals surface area (Å²) >= 11 is 0. The van der Waals surface area contributed by atoms with Crippen LogP contribution in [0.5, 0.6) is 0 Å². The molecule has 0 aromatic rings. The lowest BCUT2D eigenvalue weighted by Gasteiger charge is -2.22. The van der Waals surface area contributed by atoms with Gasteiger partial charge in [0, 0.05) is 13.0 Å². The van der Waals surface area contributed by atoms with Crippen molar-refractivity contribution in [3.05, 3.63) is 0 Å². The van der Waals surface area contributed by atoms with Gasteiger partial charge in [0.25, 0.3) is 0 Å². The first kappa shape index (κ1) is 24.9. The van der Waals surface area contributed by atoms with Crippen molar-refractivity contribution in [1.82, 2.24) is 4.90 Å². The molecule has 0 bridgehead atoms. The fourth-order valence-corrected chi connectivity index (χ4v) is 4.14. The van der Waals surface area contributed by atoms with Crippen molar-refractivity contribution >= 4 is 11.9 Å². The lowest BCUT2D eigenvalue weighted by atomic mass is 10.0. The number of carboxylic acid groups (broad SMARTS) is 1. The molecule has 1 heterocycles. The highest BCUT2D eigenvalue weighted by Crippen LogP contribution is 2.20. The monoisotopic (exact) mass is 397 g/mol. The number of rotatable bonds is 17. The van der Waals surface area contributed by atoms with Gasteiger partial charge in [-0.3, -0.25) is 4.79 Å². The molecule has 1 unspecified atom stereocenters. The molecule has 1 aliphatic rings. The van der Waals surface area contributed by atoms with E-state index in [1.807, 2.05) is 0 Å². The highest BCUT2D eigenvalue weighted by atomic mass is 16.4. The van der Waals surface area contributed by atoms with Gasteiger partial charge >= 0.3 is 5.97 Å². The average molecular weight is 398 g/mol. The molecule has 2 N–H and O–H groups in total. The van der Waals surface area contributed by atoms with Gasteiger partial charge in [0.05, 0.1) is 6.10 Å². The maximum atomic E-state index is 12.2. The van der Waals surface area contributed by atoms with Crippen LogP contribution in [0.3, 0.4) is 0 Å². The van der Waals surface area contributed by atoms with E-state index in [4.69, 9.17) is 5.11 Å².